The number of halogens is 3. The molecule has 0 aliphatic rings. The summed E-state index contributed by atoms with van der Waals surface area (Å²) in [4.78, 5) is 3.92. The fourth-order valence-electron chi connectivity index (χ4n) is 1.23. The van der Waals surface area contributed by atoms with Gasteiger partial charge in [0.1, 0.15) is 0 Å². The highest BCUT2D eigenvalue weighted by molar-refractivity contribution is 6.32. The van der Waals surface area contributed by atoms with Crippen LogP contribution < -0.4 is 5.32 Å². The Hall–Kier alpha value is -1.10. The molecule has 1 N–H and O–H groups in total. The molecule has 0 spiro atoms. The maximum atomic E-state index is 6.01. The van der Waals surface area contributed by atoms with Crippen LogP contribution in [0, 0.1) is 0 Å². The fourth-order valence-corrected chi connectivity index (χ4v) is 1.70. The summed E-state index contributed by atoms with van der Waals surface area (Å²) in [6, 6.07) is 7.47. The second-order valence-electron chi connectivity index (χ2n) is 3.17. The molecule has 2 aromatic rings. The lowest BCUT2D eigenvalue weighted by Crippen LogP contribution is -2.04. The number of benzene rings is 1. The van der Waals surface area contributed by atoms with Crippen molar-refractivity contribution in [3.05, 3.63) is 45.3 Å². The Morgan fingerprint density at radius 2 is 1.82 bits per heavy atom. The van der Waals surface area contributed by atoms with Gasteiger partial charge in [-0.2, -0.15) is 4.98 Å². The Bertz CT molecular complexity index is 533. The van der Waals surface area contributed by atoms with Crippen LogP contribution in [0.5, 0.6) is 0 Å². The number of hydrogen-bond donors (Lipinski definition) is 1. The van der Waals surface area contributed by atoms with Crippen LogP contribution in [0.15, 0.2) is 24.3 Å². The Morgan fingerprint density at radius 3 is 2.59 bits per heavy atom. The van der Waals surface area contributed by atoms with Gasteiger partial charge < -0.3 is 5.32 Å². The molecule has 2 rings (SSSR count). The van der Waals surface area contributed by atoms with Crippen molar-refractivity contribution in [2.75, 3.05) is 5.32 Å². The summed E-state index contributed by atoms with van der Waals surface area (Å²) in [5.41, 5.74) is 0.931. The normalized spacial score (nSPS) is 10.3. The van der Waals surface area contributed by atoms with Gasteiger partial charge in [-0.15, -0.1) is 10.2 Å². The van der Waals surface area contributed by atoms with Crippen LogP contribution in [-0.4, -0.2) is 15.2 Å². The van der Waals surface area contributed by atoms with E-state index < -0.39 is 0 Å². The molecule has 1 heterocycles. The molecule has 0 amide bonds. The van der Waals surface area contributed by atoms with Crippen LogP contribution in [0.4, 0.5) is 5.82 Å². The molecule has 0 aliphatic carbocycles. The Labute approximate surface area is 113 Å². The van der Waals surface area contributed by atoms with E-state index in [1.54, 1.807) is 0 Å². The minimum Gasteiger partial charge on any atom is -0.363 e. The van der Waals surface area contributed by atoms with Gasteiger partial charge in [0.05, 0.1) is 0 Å². The van der Waals surface area contributed by atoms with Gasteiger partial charge >= 0.3 is 0 Å². The highest BCUT2D eigenvalue weighted by Crippen LogP contribution is 2.20. The summed E-state index contributed by atoms with van der Waals surface area (Å²) in [5.74, 6) is 0.381. The highest BCUT2D eigenvalue weighted by Gasteiger charge is 2.06. The average Bonchev–Trinajstić information content (AvgIpc) is 2.32. The Kier molecular flexibility index (Phi) is 3.99. The molecule has 1 aromatic carbocycles. The van der Waals surface area contributed by atoms with Crippen molar-refractivity contribution in [1.29, 1.82) is 0 Å². The zero-order valence-electron chi connectivity index (χ0n) is 8.49. The molecule has 4 nitrogen and oxygen atoms in total. The van der Waals surface area contributed by atoms with Crippen LogP contribution in [0.3, 0.4) is 0 Å². The maximum Gasteiger partial charge on any atom is 0.245 e. The summed E-state index contributed by atoms with van der Waals surface area (Å²) < 4.78 is 0. The van der Waals surface area contributed by atoms with Gasteiger partial charge in [-0.05, 0) is 23.2 Å². The summed E-state index contributed by atoms with van der Waals surface area (Å²) in [6.07, 6.45) is 0. The summed E-state index contributed by atoms with van der Waals surface area (Å²) in [6.45, 7) is 0.481. The number of aromatic nitrogens is 3. The molecule has 0 fully saturated rings. The summed E-state index contributed by atoms with van der Waals surface area (Å²) in [7, 11) is 0. The van der Waals surface area contributed by atoms with Gasteiger partial charge in [0.25, 0.3) is 0 Å². The first-order chi connectivity index (χ1) is 8.16. The molecule has 88 valence electrons. The molecule has 1 aromatic heterocycles. The number of hydrogen-bond acceptors (Lipinski definition) is 4. The largest absolute Gasteiger partial charge is 0.363 e. The second-order valence-corrected chi connectivity index (χ2v) is 4.27. The van der Waals surface area contributed by atoms with Crippen molar-refractivity contribution in [1.82, 2.24) is 15.2 Å². The van der Waals surface area contributed by atoms with Crippen LogP contribution in [-0.2, 0) is 6.54 Å². The maximum absolute atomic E-state index is 6.01. The van der Waals surface area contributed by atoms with Crippen molar-refractivity contribution in [3.8, 4) is 0 Å². The number of rotatable bonds is 3. The zero-order chi connectivity index (χ0) is 12.3. The highest BCUT2D eigenvalue weighted by atomic mass is 35.5. The third-order valence-electron chi connectivity index (χ3n) is 2.02. The SMILES string of the molecule is Clc1nnc(Cl)c(NCc2ccccc2Cl)n1. The van der Waals surface area contributed by atoms with Crippen LogP contribution >= 0.6 is 34.8 Å². The summed E-state index contributed by atoms with van der Waals surface area (Å²) in [5, 5.41) is 11.0. The zero-order valence-corrected chi connectivity index (χ0v) is 10.8. The lowest BCUT2D eigenvalue weighted by Gasteiger charge is -2.07. The van der Waals surface area contributed by atoms with E-state index in [0.717, 1.165) is 5.56 Å². The van der Waals surface area contributed by atoms with Gasteiger partial charge in [-0.25, -0.2) is 0 Å². The van der Waals surface area contributed by atoms with Gasteiger partial charge in [-0.3, -0.25) is 0 Å². The number of anilines is 1. The summed E-state index contributed by atoms with van der Waals surface area (Å²) >= 11 is 17.4. The predicted molar refractivity (Wildman–Crippen MR) is 68.6 cm³/mol. The molecule has 0 radical (unpaired) electrons. The molecule has 0 saturated carbocycles. The third kappa shape index (κ3) is 3.19. The monoisotopic (exact) mass is 288 g/mol. The molecule has 0 aliphatic heterocycles. The van der Waals surface area contributed by atoms with Crippen molar-refractivity contribution in [2.24, 2.45) is 0 Å². The molecule has 0 unspecified atom stereocenters. The van der Waals surface area contributed by atoms with Crippen molar-refractivity contribution < 1.29 is 0 Å². The molecular weight excluding hydrogens is 282 g/mol. The molecule has 0 saturated heterocycles. The van der Waals surface area contributed by atoms with Crippen LogP contribution in [0.2, 0.25) is 15.5 Å². The van der Waals surface area contributed by atoms with Gasteiger partial charge in [0.2, 0.25) is 5.28 Å². The second kappa shape index (κ2) is 5.49. The third-order valence-corrected chi connectivity index (χ3v) is 2.81. The van der Waals surface area contributed by atoms with E-state index in [1.165, 1.54) is 0 Å². The lowest BCUT2D eigenvalue weighted by molar-refractivity contribution is 0.958. The first-order valence-electron chi connectivity index (χ1n) is 4.70. The lowest BCUT2D eigenvalue weighted by atomic mass is 10.2. The van der Waals surface area contributed by atoms with Gasteiger partial charge in [0.15, 0.2) is 11.0 Å². The minimum atomic E-state index is 0.0380. The van der Waals surface area contributed by atoms with Crippen LogP contribution in [0.25, 0.3) is 0 Å². The quantitative estimate of drug-likeness (QED) is 0.940. The Morgan fingerprint density at radius 1 is 1.06 bits per heavy atom. The van der Waals surface area contributed by atoms with E-state index in [2.05, 4.69) is 20.5 Å². The standard InChI is InChI=1S/C10H7Cl3N4/c11-7-4-2-1-3-6(7)5-14-9-8(12)16-17-10(13)15-9/h1-4H,5H2,(H,14,15,17). The molecule has 0 atom stereocenters. The smallest absolute Gasteiger partial charge is 0.245 e. The van der Waals surface area contributed by atoms with Crippen LogP contribution in [0.1, 0.15) is 5.56 Å². The first kappa shape index (κ1) is 12.4. The molecule has 7 heteroatoms. The topological polar surface area (TPSA) is 50.7 Å². The molecule has 0 bridgehead atoms. The van der Waals surface area contributed by atoms with Crippen molar-refractivity contribution in [3.63, 3.8) is 0 Å². The van der Waals surface area contributed by atoms with Gasteiger partial charge in [-0.1, -0.05) is 41.4 Å². The molecule has 17 heavy (non-hydrogen) atoms. The van der Waals surface area contributed by atoms with E-state index >= 15 is 0 Å². The predicted octanol–water partition coefficient (Wildman–Crippen LogP) is 3.44. The van der Waals surface area contributed by atoms with E-state index in [1.807, 2.05) is 24.3 Å². The molecular formula is C10H7Cl3N4. The minimum absolute atomic E-state index is 0.0380. The number of nitrogens with zero attached hydrogens (tertiary/aromatic N) is 3. The van der Waals surface area contributed by atoms with E-state index in [4.69, 9.17) is 34.8 Å². The Balaban J connectivity index is 2.12. The first-order valence-corrected chi connectivity index (χ1v) is 5.83. The van der Waals surface area contributed by atoms with Gasteiger partial charge in [0, 0.05) is 11.6 Å². The van der Waals surface area contributed by atoms with Crippen molar-refractivity contribution in [2.45, 2.75) is 6.54 Å². The van der Waals surface area contributed by atoms with Crippen molar-refractivity contribution >= 4 is 40.6 Å². The average molecular weight is 290 g/mol. The fraction of sp³-hybridized carbons (Fsp3) is 0.100. The van der Waals surface area contributed by atoms with E-state index in [9.17, 15) is 0 Å². The number of nitrogens with one attached hydrogen (secondary N) is 1. The van der Waals surface area contributed by atoms with E-state index in [0.29, 0.717) is 17.4 Å². The van der Waals surface area contributed by atoms with E-state index in [-0.39, 0.29) is 10.4 Å².